The van der Waals surface area contributed by atoms with E-state index in [9.17, 15) is 19.2 Å². The molecule has 1 fully saturated rings. The molecule has 1 saturated heterocycles. The van der Waals surface area contributed by atoms with E-state index >= 15 is 0 Å². The Morgan fingerprint density at radius 3 is 2.16 bits per heavy atom. The van der Waals surface area contributed by atoms with Gasteiger partial charge < -0.3 is 9.64 Å². The van der Waals surface area contributed by atoms with E-state index < -0.39 is 17.8 Å². The van der Waals surface area contributed by atoms with Crippen molar-refractivity contribution >= 4 is 29.4 Å². The summed E-state index contributed by atoms with van der Waals surface area (Å²) in [7, 11) is 0. The fraction of sp³-hybridized carbons (Fsp3) is 0.333. The first kappa shape index (κ1) is 20.8. The summed E-state index contributed by atoms with van der Waals surface area (Å²) < 4.78 is 5.23. The van der Waals surface area contributed by atoms with Crippen molar-refractivity contribution in [2.75, 3.05) is 24.6 Å². The number of amides is 3. The van der Waals surface area contributed by atoms with Crippen molar-refractivity contribution in [3.63, 3.8) is 0 Å². The molecule has 2 aromatic carbocycles. The Kier molecular flexibility index (Phi) is 5.59. The molecule has 3 amide bonds. The molecule has 7 nitrogen and oxygen atoms in total. The van der Waals surface area contributed by atoms with Crippen molar-refractivity contribution in [2.45, 2.75) is 20.3 Å². The zero-order chi connectivity index (χ0) is 22.1. The van der Waals surface area contributed by atoms with Crippen LogP contribution in [0.3, 0.4) is 0 Å². The number of piperidine rings is 1. The fourth-order valence-electron chi connectivity index (χ4n) is 4.36. The number of hydrogen-bond donors (Lipinski definition) is 0. The van der Waals surface area contributed by atoms with E-state index in [1.54, 1.807) is 41.3 Å². The molecule has 160 valence electrons. The van der Waals surface area contributed by atoms with Gasteiger partial charge in [-0.1, -0.05) is 32.0 Å². The molecular weight excluding hydrogens is 396 g/mol. The highest BCUT2D eigenvalue weighted by molar-refractivity contribution is 6.34. The minimum atomic E-state index is -0.676. The predicted molar refractivity (Wildman–Crippen MR) is 114 cm³/mol. The van der Waals surface area contributed by atoms with Gasteiger partial charge in [-0.2, -0.15) is 0 Å². The number of anilines is 1. The van der Waals surface area contributed by atoms with Crippen LogP contribution in [0, 0.1) is 11.8 Å². The number of rotatable bonds is 4. The van der Waals surface area contributed by atoms with Crippen LogP contribution in [0.1, 0.15) is 51.3 Å². The van der Waals surface area contributed by atoms with Crippen molar-refractivity contribution in [3.8, 4) is 0 Å². The summed E-state index contributed by atoms with van der Waals surface area (Å²) in [6, 6.07) is 12.7. The summed E-state index contributed by atoms with van der Waals surface area (Å²) in [5.74, 6) is -0.933. The minimum Gasteiger partial charge on any atom is -0.452 e. The maximum atomic E-state index is 12.7. The van der Waals surface area contributed by atoms with Crippen LogP contribution < -0.4 is 4.90 Å². The van der Waals surface area contributed by atoms with Crippen molar-refractivity contribution in [1.29, 1.82) is 0 Å². The third-order valence-corrected chi connectivity index (χ3v) is 5.68. The molecule has 0 radical (unpaired) electrons. The van der Waals surface area contributed by atoms with E-state index in [-0.39, 0.29) is 23.8 Å². The van der Waals surface area contributed by atoms with Gasteiger partial charge in [0.1, 0.15) is 0 Å². The third kappa shape index (κ3) is 4.08. The molecule has 31 heavy (non-hydrogen) atoms. The van der Waals surface area contributed by atoms with Crippen molar-refractivity contribution in [2.24, 2.45) is 11.8 Å². The Bertz CT molecular complexity index is 1020. The highest BCUT2D eigenvalue weighted by Crippen LogP contribution is 2.29. The topological polar surface area (TPSA) is 84.0 Å². The van der Waals surface area contributed by atoms with Gasteiger partial charge >= 0.3 is 5.97 Å². The van der Waals surface area contributed by atoms with Gasteiger partial charge in [-0.15, -0.1) is 0 Å². The summed E-state index contributed by atoms with van der Waals surface area (Å²) in [5.41, 5.74) is 1.11. The molecule has 0 unspecified atom stereocenters. The lowest BCUT2D eigenvalue weighted by Crippen LogP contribution is -2.44. The number of imide groups is 1. The fourth-order valence-corrected chi connectivity index (χ4v) is 4.36. The van der Waals surface area contributed by atoms with Gasteiger partial charge in [-0.3, -0.25) is 14.4 Å². The number of fused-ring (bicyclic) bond motifs is 1. The second-order valence-corrected chi connectivity index (χ2v) is 8.36. The molecule has 0 saturated carbocycles. The number of nitrogens with zero attached hydrogens (tertiary/aromatic N) is 2. The van der Waals surface area contributed by atoms with E-state index in [0.29, 0.717) is 36.1 Å². The highest BCUT2D eigenvalue weighted by atomic mass is 16.5. The van der Waals surface area contributed by atoms with Crippen LogP contribution in [0.4, 0.5) is 5.69 Å². The van der Waals surface area contributed by atoms with Gasteiger partial charge in [0.2, 0.25) is 0 Å². The smallest absolute Gasteiger partial charge is 0.338 e. The average molecular weight is 420 g/mol. The molecule has 7 heteroatoms. The van der Waals surface area contributed by atoms with Gasteiger partial charge in [-0.25, -0.2) is 9.69 Å². The first-order chi connectivity index (χ1) is 14.8. The Hall–Kier alpha value is -3.48. The largest absolute Gasteiger partial charge is 0.452 e. The number of ether oxygens (including phenoxy) is 1. The molecule has 0 N–H and O–H groups in total. The van der Waals surface area contributed by atoms with E-state index in [2.05, 4.69) is 13.8 Å². The van der Waals surface area contributed by atoms with Gasteiger partial charge in [-0.05, 0) is 48.6 Å². The molecule has 0 aliphatic carbocycles. The summed E-state index contributed by atoms with van der Waals surface area (Å²) in [5, 5.41) is 0. The number of benzene rings is 2. The van der Waals surface area contributed by atoms with Crippen LogP contribution in [-0.4, -0.2) is 48.3 Å². The van der Waals surface area contributed by atoms with Crippen LogP contribution >= 0.6 is 0 Å². The number of carbonyl (C=O) groups is 4. The Morgan fingerprint density at radius 1 is 0.935 bits per heavy atom. The van der Waals surface area contributed by atoms with Crippen molar-refractivity contribution in [1.82, 2.24) is 4.90 Å². The quantitative estimate of drug-likeness (QED) is 0.560. The first-order valence-corrected chi connectivity index (χ1v) is 10.4. The summed E-state index contributed by atoms with van der Waals surface area (Å²) in [6.45, 7) is 5.20. The van der Waals surface area contributed by atoms with Crippen molar-refractivity contribution < 1.29 is 23.9 Å². The van der Waals surface area contributed by atoms with E-state index in [4.69, 9.17) is 4.74 Å². The Labute approximate surface area is 180 Å². The van der Waals surface area contributed by atoms with E-state index in [1.807, 2.05) is 0 Å². The number of hydrogen-bond acceptors (Lipinski definition) is 5. The molecular formula is C24H24N2O5. The van der Waals surface area contributed by atoms with Gasteiger partial charge in [0, 0.05) is 13.1 Å². The maximum absolute atomic E-state index is 12.7. The molecule has 0 aromatic heterocycles. The lowest BCUT2D eigenvalue weighted by molar-refractivity contribution is -0.137. The standard InChI is InChI=1S/C24H24N2O5/c1-15-10-16(2)13-25(12-15)21(27)14-31-24(30)17-6-5-7-18(11-17)26-22(28)19-8-3-4-9-20(19)23(26)29/h3-9,11,15-16H,10,12-14H2,1-2H3/t15-,16+. The van der Waals surface area contributed by atoms with Crippen LogP contribution in [0.2, 0.25) is 0 Å². The van der Waals surface area contributed by atoms with Gasteiger partial charge in [0.05, 0.1) is 22.4 Å². The monoisotopic (exact) mass is 420 g/mol. The van der Waals surface area contributed by atoms with Crippen LogP contribution in [0.15, 0.2) is 48.5 Å². The highest BCUT2D eigenvalue weighted by Gasteiger charge is 2.36. The Morgan fingerprint density at radius 2 is 1.55 bits per heavy atom. The Balaban J connectivity index is 1.44. The summed E-state index contributed by atoms with van der Waals surface area (Å²) >= 11 is 0. The third-order valence-electron chi connectivity index (χ3n) is 5.68. The molecule has 2 aromatic rings. The SMILES string of the molecule is C[C@@H]1C[C@H](C)CN(C(=O)COC(=O)c2cccc(N3C(=O)c4ccccc4C3=O)c2)C1. The van der Waals surface area contributed by atoms with Gasteiger partial charge in [0.15, 0.2) is 6.61 Å². The lowest BCUT2D eigenvalue weighted by atomic mass is 9.92. The second-order valence-electron chi connectivity index (χ2n) is 8.36. The molecule has 0 bridgehead atoms. The van der Waals surface area contributed by atoms with Crippen molar-refractivity contribution in [3.05, 3.63) is 65.2 Å². The average Bonchev–Trinajstić information content (AvgIpc) is 3.01. The predicted octanol–water partition coefficient (Wildman–Crippen LogP) is 3.15. The summed E-state index contributed by atoms with van der Waals surface area (Å²) in [6.07, 6.45) is 1.08. The molecule has 2 atom stereocenters. The molecule has 2 heterocycles. The first-order valence-electron chi connectivity index (χ1n) is 10.4. The van der Waals surface area contributed by atoms with Crippen LogP contribution in [0.25, 0.3) is 0 Å². The van der Waals surface area contributed by atoms with Crippen LogP contribution in [0.5, 0.6) is 0 Å². The number of esters is 1. The molecule has 2 aliphatic rings. The van der Waals surface area contributed by atoms with Crippen LogP contribution in [-0.2, 0) is 9.53 Å². The van der Waals surface area contributed by atoms with E-state index in [0.717, 1.165) is 11.3 Å². The number of likely N-dealkylation sites (tertiary alicyclic amines) is 1. The van der Waals surface area contributed by atoms with Gasteiger partial charge in [0.25, 0.3) is 17.7 Å². The lowest BCUT2D eigenvalue weighted by Gasteiger charge is -2.34. The normalized spacial score (nSPS) is 20.6. The number of carbonyl (C=O) groups excluding carboxylic acids is 4. The summed E-state index contributed by atoms with van der Waals surface area (Å²) in [4.78, 5) is 53.1. The molecule has 2 aliphatic heterocycles. The minimum absolute atomic E-state index is 0.169. The zero-order valence-corrected chi connectivity index (χ0v) is 17.5. The molecule has 0 spiro atoms. The molecule has 4 rings (SSSR count). The maximum Gasteiger partial charge on any atom is 0.338 e. The van der Waals surface area contributed by atoms with E-state index in [1.165, 1.54) is 12.1 Å². The second kappa shape index (κ2) is 8.34. The zero-order valence-electron chi connectivity index (χ0n) is 17.5.